The third-order valence-corrected chi connectivity index (χ3v) is 8.28. The van der Waals surface area contributed by atoms with Gasteiger partial charge in [0.15, 0.2) is 0 Å². The van der Waals surface area contributed by atoms with Crippen LogP contribution in [0.5, 0.6) is 0 Å². The van der Waals surface area contributed by atoms with E-state index < -0.39 is 0 Å². The maximum absolute atomic E-state index is 4.89. The fourth-order valence-electron chi connectivity index (χ4n) is 6.38. The van der Waals surface area contributed by atoms with Crippen LogP contribution in [0.3, 0.4) is 0 Å². The molecule has 2 nitrogen and oxygen atoms in total. The molecular formula is C41H28N2. The second kappa shape index (κ2) is 10.6. The molecule has 202 valence electrons. The lowest BCUT2D eigenvalue weighted by Gasteiger charge is -2.29. The molecular weight excluding hydrogens is 520 g/mol. The summed E-state index contributed by atoms with van der Waals surface area (Å²) in [7, 11) is 0. The third kappa shape index (κ3) is 4.32. The Hall–Kier alpha value is -5.73. The van der Waals surface area contributed by atoms with Gasteiger partial charge in [-0.25, -0.2) is 4.98 Å². The highest BCUT2D eigenvalue weighted by atomic mass is 15.2. The van der Waals surface area contributed by atoms with Crippen molar-refractivity contribution in [3.8, 4) is 22.3 Å². The highest BCUT2D eigenvalue weighted by molar-refractivity contribution is 6.23. The molecule has 0 N–H and O–H groups in total. The van der Waals surface area contributed by atoms with Crippen LogP contribution in [0.4, 0.5) is 17.2 Å². The first-order chi connectivity index (χ1) is 21.4. The molecule has 0 unspecified atom stereocenters. The van der Waals surface area contributed by atoms with Gasteiger partial charge in [0.05, 0.1) is 5.69 Å². The summed E-state index contributed by atoms with van der Waals surface area (Å²) in [6.07, 6.45) is 1.87. The molecule has 0 aliphatic heterocycles. The zero-order valence-corrected chi connectivity index (χ0v) is 23.6. The fourth-order valence-corrected chi connectivity index (χ4v) is 6.38. The molecule has 8 aromatic rings. The minimum Gasteiger partial charge on any atom is -0.294 e. The van der Waals surface area contributed by atoms with E-state index in [1.807, 2.05) is 12.3 Å². The van der Waals surface area contributed by atoms with Gasteiger partial charge in [-0.2, -0.15) is 0 Å². The van der Waals surface area contributed by atoms with Crippen molar-refractivity contribution in [2.45, 2.75) is 0 Å². The standard InChI is InChI=1S/C41H28N2/c1-2-15-30(16-3-1)33-18-6-7-19-34(33)40-35-20-8-10-22-37(35)41(38-23-11-9-21-36(38)40)43(39-24-12-13-27-42-39)32-26-25-29-14-4-5-17-31(29)28-32/h1-28H. The Labute approximate surface area is 251 Å². The first-order valence-corrected chi connectivity index (χ1v) is 14.6. The number of anilines is 3. The Morgan fingerprint density at radius 1 is 0.419 bits per heavy atom. The zero-order valence-electron chi connectivity index (χ0n) is 23.6. The van der Waals surface area contributed by atoms with E-state index in [9.17, 15) is 0 Å². The van der Waals surface area contributed by atoms with Crippen LogP contribution < -0.4 is 4.90 Å². The SMILES string of the molecule is c1ccc(-c2ccccc2-c2c3ccccc3c(N(c3ccc4ccccc4c3)c3ccccn3)c3ccccc23)cc1. The molecule has 1 heterocycles. The summed E-state index contributed by atoms with van der Waals surface area (Å²) in [6, 6.07) is 58.4. The lowest BCUT2D eigenvalue weighted by atomic mass is 9.86. The summed E-state index contributed by atoms with van der Waals surface area (Å²) >= 11 is 0. The quantitative estimate of drug-likeness (QED) is 0.199. The van der Waals surface area contributed by atoms with Gasteiger partial charge in [0.1, 0.15) is 5.82 Å². The van der Waals surface area contributed by atoms with Crippen LogP contribution in [-0.4, -0.2) is 4.98 Å². The van der Waals surface area contributed by atoms with Crippen molar-refractivity contribution in [1.29, 1.82) is 0 Å². The number of aromatic nitrogens is 1. The number of hydrogen-bond donors (Lipinski definition) is 0. The first-order valence-electron chi connectivity index (χ1n) is 14.6. The van der Waals surface area contributed by atoms with E-state index >= 15 is 0 Å². The van der Waals surface area contributed by atoms with Gasteiger partial charge in [0.2, 0.25) is 0 Å². The number of nitrogens with zero attached hydrogens (tertiary/aromatic N) is 2. The molecule has 0 aliphatic carbocycles. The highest BCUT2D eigenvalue weighted by Crippen LogP contribution is 2.49. The molecule has 0 bridgehead atoms. The van der Waals surface area contributed by atoms with Crippen molar-refractivity contribution in [2.24, 2.45) is 0 Å². The summed E-state index contributed by atoms with van der Waals surface area (Å²) in [4.78, 5) is 7.21. The Balaban J connectivity index is 1.49. The van der Waals surface area contributed by atoms with Crippen LogP contribution in [0.2, 0.25) is 0 Å². The fraction of sp³-hybridized carbons (Fsp3) is 0. The third-order valence-electron chi connectivity index (χ3n) is 8.28. The minimum absolute atomic E-state index is 0.880. The Morgan fingerprint density at radius 3 is 1.70 bits per heavy atom. The molecule has 0 saturated carbocycles. The van der Waals surface area contributed by atoms with Crippen LogP contribution in [-0.2, 0) is 0 Å². The maximum Gasteiger partial charge on any atom is 0.137 e. The lowest BCUT2D eigenvalue weighted by Crippen LogP contribution is -2.13. The predicted molar refractivity (Wildman–Crippen MR) is 182 cm³/mol. The average molecular weight is 549 g/mol. The van der Waals surface area contributed by atoms with Crippen molar-refractivity contribution in [3.05, 3.63) is 170 Å². The molecule has 2 heteroatoms. The van der Waals surface area contributed by atoms with Crippen LogP contribution in [0.1, 0.15) is 0 Å². The van der Waals surface area contributed by atoms with Crippen molar-refractivity contribution in [1.82, 2.24) is 4.98 Å². The number of rotatable bonds is 5. The summed E-state index contributed by atoms with van der Waals surface area (Å²) < 4.78 is 0. The first kappa shape index (κ1) is 25.0. The largest absolute Gasteiger partial charge is 0.294 e. The van der Waals surface area contributed by atoms with E-state index in [4.69, 9.17) is 4.98 Å². The van der Waals surface area contributed by atoms with Crippen LogP contribution in [0.15, 0.2) is 170 Å². The monoisotopic (exact) mass is 548 g/mol. The van der Waals surface area contributed by atoms with E-state index in [0.29, 0.717) is 0 Å². The van der Waals surface area contributed by atoms with Gasteiger partial charge in [-0.3, -0.25) is 4.90 Å². The van der Waals surface area contributed by atoms with E-state index in [2.05, 4.69) is 163 Å². The molecule has 7 aromatic carbocycles. The molecule has 0 aliphatic rings. The summed E-state index contributed by atoms with van der Waals surface area (Å²) in [5.41, 5.74) is 7.10. The van der Waals surface area contributed by atoms with Gasteiger partial charge in [-0.15, -0.1) is 0 Å². The van der Waals surface area contributed by atoms with E-state index in [0.717, 1.165) is 17.2 Å². The summed E-state index contributed by atoms with van der Waals surface area (Å²) in [5.74, 6) is 0.880. The Morgan fingerprint density at radius 2 is 1.00 bits per heavy atom. The molecule has 0 spiro atoms. The normalized spacial score (nSPS) is 11.3. The van der Waals surface area contributed by atoms with E-state index in [-0.39, 0.29) is 0 Å². The van der Waals surface area contributed by atoms with Crippen molar-refractivity contribution < 1.29 is 0 Å². The second-order valence-corrected chi connectivity index (χ2v) is 10.8. The lowest BCUT2D eigenvalue weighted by molar-refractivity contribution is 1.20. The zero-order chi connectivity index (χ0) is 28.6. The van der Waals surface area contributed by atoms with Crippen LogP contribution in [0.25, 0.3) is 54.6 Å². The van der Waals surface area contributed by atoms with Crippen LogP contribution in [0, 0.1) is 0 Å². The smallest absolute Gasteiger partial charge is 0.137 e. The van der Waals surface area contributed by atoms with Crippen molar-refractivity contribution >= 4 is 49.5 Å². The minimum atomic E-state index is 0.880. The average Bonchev–Trinajstić information content (AvgIpc) is 3.09. The van der Waals surface area contributed by atoms with Crippen LogP contribution >= 0.6 is 0 Å². The number of hydrogen-bond acceptors (Lipinski definition) is 2. The molecule has 0 fully saturated rings. The van der Waals surface area contributed by atoms with Gasteiger partial charge >= 0.3 is 0 Å². The van der Waals surface area contributed by atoms with Gasteiger partial charge < -0.3 is 0 Å². The molecule has 0 atom stereocenters. The predicted octanol–water partition coefficient (Wildman–Crippen LogP) is 11.3. The molecule has 0 saturated heterocycles. The topological polar surface area (TPSA) is 16.1 Å². The molecule has 0 radical (unpaired) electrons. The second-order valence-electron chi connectivity index (χ2n) is 10.8. The highest BCUT2D eigenvalue weighted by Gasteiger charge is 2.23. The Bertz CT molecular complexity index is 2180. The molecule has 0 amide bonds. The van der Waals surface area contributed by atoms with E-state index in [1.165, 1.54) is 54.6 Å². The van der Waals surface area contributed by atoms with Crippen molar-refractivity contribution in [2.75, 3.05) is 4.90 Å². The van der Waals surface area contributed by atoms with Crippen molar-refractivity contribution in [3.63, 3.8) is 0 Å². The van der Waals surface area contributed by atoms with Gasteiger partial charge in [0.25, 0.3) is 0 Å². The Kier molecular flexibility index (Phi) is 6.16. The number of pyridine rings is 1. The number of fused-ring (bicyclic) bond motifs is 3. The van der Waals surface area contributed by atoms with Gasteiger partial charge in [0, 0.05) is 22.7 Å². The van der Waals surface area contributed by atoms with Gasteiger partial charge in [-0.05, 0) is 68.1 Å². The van der Waals surface area contributed by atoms with E-state index in [1.54, 1.807) is 0 Å². The van der Waals surface area contributed by atoms with Gasteiger partial charge in [-0.1, -0.05) is 140 Å². The molecule has 1 aromatic heterocycles. The summed E-state index contributed by atoms with van der Waals surface area (Å²) in [5, 5.41) is 7.19. The summed E-state index contributed by atoms with van der Waals surface area (Å²) in [6.45, 7) is 0. The number of benzene rings is 7. The molecule has 8 rings (SSSR count). The maximum atomic E-state index is 4.89. The molecule has 43 heavy (non-hydrogen) atoms.